The molecule has 0 aliphatic carbocycles. The summed E-state index contributed by atoms with van der Waals surface area (Å²) in [7, 11) is -3.79. The molecule has 1 atom stereocenters. The van der Waals surface area contributed by atoms with Gasteiger partial charge in [0.05, 0.1) is 4.90 Å². The lowest BCUT2D eigenvalue weighted by atomic mass is 9.97. The molecule has 0 amide bonds. The largest absolute Gasteiger partial charge is 0.300 e. The van der Waals surface area contributed by atoms with E-state index < -0.39 is 21.9 Å². The number of carbonyl (C=O) groups is 1. The summed E-state index contributed by atoms with van der Waals surface area (Å²) in [5.74, 6) is -0.449. The van der Waals surface area contributed by atoms with Gasteiger partial charge in [0.2, 0.25) is 10.0 Å². The average Bonchev–Trinajstić information content (AvgIpc) is 2.57. The third kappa shape index (κ3) is 4.08. The first-order valence-electron chi connectivity index (χ1n) is 7.90. The molecule has 132 valence electrons. The number of ketones is 1. The van der Waals surface area contributed by atoms with Crippen molar-refractivity contribution in [1.29, 1.82) is 0 Å². The molecule has 0 radical (unpaired) electrons. The van der Waals surface area contributed by atoms with Gasteiger partial charge in [-0.25, -0.2) is 12.8 Å². The molecule has 0 saturated carbocycles. The molecule has 1 saturated heterocycles. The second kappa shape index (κ2) is 7.23. The van der Waals surface area contributed by atoms with Gasteiger partial charge in [-0.05, 0) is 48.4 Å². The lowest BCUT2D eigenvalue weighted by molar-refractivity contribution is -0.121. The zero-order valence-electron chi connectivity index (χ0n) is 13.4. The SMILES string of the molecule is O=C1CCN(S(=O)(=O)c2ccc(F)cc2)C(Cc2ccc(Cl)cc2)C1. The number of Topliss-reactive ketones (excluding diaryl/α,β-unsaturated/α-hetero) is 1. The Balaban J connectivity index is 1.89. The van der Waals surface area contributed by atoms with Crippen molar-refractivity contribution in [3.05, 3.63) is 64.9 Å². The monoisotopic (exact) mass is 381 g/mol. The minimum atomic E-state index is -3.79. The minimum Gasteiger partial charge on any atom is -0.300 e. The maximum Gasteiger partial charge on any atom is 0.243 e. The highest BCUT2D eigenvalue weighted by Crippen LogP contribution is 2.26. The quantitative estimate of drug-likeness (QED) is 0.815. The van der Waals surface area contributed by atoms with E-state index in [-0.39, 0.29) is 30.1 Å². The number of nitrogens with zero attached hydrogens (tertiary/aromatic N) is 1. The summed E-state index contributed by atoms with van der Waals surface area (Å²) in [4.78, 5) is 11.9. The van der Waals surface area contributed by atoms with Gasteiger partial charge >= 0.3 is 0 Å². The molecule has 0 spiro atoms. The van der Waals surface area contributed by atoms with E-state index in [2.05, 4.69) is 0 Å². The van der Waals surface area contributed by atoms with Crippen molar-refractivity contribution in [1.82, 2.24) is 4.31 Å². The van der Waals surface area contributed by atoms with Crippen molar-refractivity contribution in [3.63, 3.8) is 0 Å². The van der Waals surface area contributed by atoms with E-state index in [9.17, 15) is 17.6 Å². The number of hydrogen-bond donors (Lipinski definition) is 0. The van der Waals surface area contributed by atoms with Crippen molar-refractivity contribution < 1.29 is 17.6 Å². The number of halogens is 2. The van der Waals surface area contributed by atoms with Gasteiger partial charge in [-0.3, -0.25) is 4.79 Å². The molecular weight excluding hydrogens is 365 g/mol. The van der Waals surface area contributed by atoms with Crippen LogP contribution in [0, 0.1) is 5.82 Å². The highest BCUT2D eigenvalue weighted by Gasteiger charge is 2.36. The third-order valence-electron chi connectivity index (χ3n) is 4.29. The summed E-state index contributed by atoms with van der Waals surface area (Å²) in [5, 5.41) is 0.597. The highest BCUT2D eigenvalue weighted by molar-refractivity contribution is 7.89. The Bertz CT molecular complexity index is 866. The van der Waals surface area contributed by atoms with Crippen LogP contribution in [-0.2, 0) is 21.2 Å². The van der Waals surface area contributed by atoms with E-state index in [1.807, 2.05) is 12.1 Å². The molecule has 0 bridgehead atoms. The third-order valence-corrected chi connectivity index (χ3v) is 6.50. The molecule has 0 aromatic heterocycles. The molecule has 1 unspecified atom stereocenters. The van der Waals surface area contributed by atoms with Crippen LogP contribution in [0.5, 0.6) is 0 Å². The molecular formula is C18H17ClFNO3S. The zero-order chi connectivity index (χ0) is 18.0. The molecule has 3 rings (SSSR count). The molecule has 4 nitrogen and oxygen atoms in total. The predicted molar refractivity (Wildman–Crippen MR) is 93.5 cm³/mol. The lowest BCUT2D eigenvalue weighted by Crippen LogP contribution is -2.47. The standard InChI is InChI=1S/C18H17ClFNO3S/c19-14-3-1-13(2-4-14)11-16-12-17(22)9-10-21(16)25(23,24)18-7-5-15(20)6-8-18/h1-8,16H,9-12H2. The van der Waals surface area contributed by atoms with Crippen LogP contribution in [0.3, 0.4) is 0 Å². The number of piperidine rings is 1. The molecule has 1 aliphatic heterocycles. The summed E-state index contributed by atoms with van der Waals surface area (Å²) < 4.78 is 40.3. The van der Waals surface area contributed by atoms with E-state index in [1.165, 1.54) is 16.4 Å². The molecule has 1 heterocycles. The maximum absolute atomic E-state index is 13.1. The van der Waals surface area contributed by atoms with Crippen LogP contribution in [-0.4, -0.2) is 31.1 Å². The van der Waals surface area contributed by atoms with Crippen molar-refractivity contribution in [3.8, 4) is 0 Å². The Kier molecular flexibility index (Phi) is 5.22. The van der Waals surface area contributed by atoms with Gasteiger partial charge in [-0.1, -0.05) is 23.7 Å². The van der Waals surface area contributed by atoms with E-state index >= 15 is 0 Å². The highest BCUT2D eigenvalue weighted by atomic mass is 35.5. The zero-order valence-corrected chi connectivity index (χ0v) is 14.9. The Morgan fingerprint density at radius 3 is 2.36 bits per heavy atom. The maximum atomic E-state index is 13.1. The predicted octanol–water partition coefficient (Wildman–Crippen LogP) is 3.44. The Hall–Kier alpha value is -1.76. The van der Waals surface area contributed by atoms with Gasteiger partial charge in [0, 0.05) is 30.5 Å². The summed E-state index contributed by atoms with van der Waals surface area (Å²) in [5.41, 5.74) is 0.906. The molecule has 2 aromatic rings. The van der Waals surface area contributed by atoms with E-state index in [0.717, 1.165) is 17.7 Å². The van der Waals surface area contributed by atoms with Gasteiger partial charge in [0.25, 0.3) is 0 Å². The number of carbonyl (C=O) groups excluding carboxylic acids is 1. The van der Waals surface area contributed by atoms with Crippen LogP contribution in [0.1, 0.15) is 18.4 Å². The van der Waals surface area contributed by atoms with E-state index in [4.69, 9.17) is 11.6 Å². The van der Waals surface area contributed by atoms with Crippen molar-refractivity contribution in [2.45, 2.75) is 30.2 Å². The van der Waals surface area contributed by atoms with Crippen LogP contribution in [0.15, 0.2) is 53.4 Å². The van der Waals surface area contributed by atoms with E-state index in [1.54, 1.807) is 12.1 Å². The number of benzene rings is 2. The molecule has 1 aliphatic rings. The molecule has 1 fully saturated rings. The first-order chi connectivity index (χ1) is 11.9. The molecule has 7 heteroatoms. The van der Waals surface area contributed by atoms with Crippen LogP contribution in [0.2, 0.25) is 5.02 Å². The average molecular weight is 382 g/mol. The normalized spacial score (nSPS) is 19.1. The van der Waals surface area contributed by atoms with Gasteiger partial charge in [-0.15, -0.1) is 0 Å². The number of rotatable bonds is 4. The molecule has 25 heavy (non-hydrogen) atoms. The smallest absolute Gasteiger partial charge is 0.243 e. The summed E-state index contributed by atoms with van der Waals surface area (Å²) in [6, 6.07) is 11.4. The second-order valence-electron chi connectivity index (χ2n) is 6.05. The van der Waals surface area contributed by atoms with Crippen molar-refractivity contribution in [2.75, 3.05) is 6.54 Å². The first kappa shape index (κ1) is 18.0. The van der Waals surface area contributed by atoms with Crippen LogP contribution in [0.4, 0.5) is 4.39 Å². The van der Waals surface area contributed by atoms with Crippen LogP contribution >= 0.6 is 11.6 Å². The number of sulfonamides is 1. The Labute approximate surface area is 151 Å². The summed E-state index contributed by atoms with van der Waals surface area (Å²) in [6.07, 6.45) is 0.782. The van der Waals surface area contributed by atoms with Crippen LogP contribution in [0.25, 0.3) is 0 Å². The summed E-state index contributed by atoms with van der Waals surface area (Å²) >= 11 is 5.88. The minimum absolute atomic E-state index is 0.0318. The van der Waals surface area contributed by atoms with Gasteiger partial charge in [0.1, 0.15) is 11.6 Å². The van der Waals surface area contributed by atoms with Crippen molar-refractivity contribution >= 4 is 27.4 Å². The number of hydrogen-bond acceptors (Lipinski definition) is 3. The van der Waals surface area contributed by atoms with Crippen molar-refractivity contribution in [2.24, 2.45) is 0 Å². The first-order valence-corrected chi connectivity index (χ1v) is 9.71. The molecule has 2 aromatic carbocycles. The lowest BCUT2D eigenvalue weighted by Gasteiger charge is -2.34. The van der Waals surface area contributed by atoms with Crippen LogP contribution < -0.4 is 0 Å². The fourth-order valence-electron chi connectivity index (χ4n) is 3.01. The topological polar surface area (TPSA) is 54.5 Å². The molecule has 0 N–H and O–H groups in total. The Morgan fingerprint density at radius 2 is 1.72 bits per heavy atom. The summed E-state index contributed by atoms with van der Waals surface area (Å²) in [6.45, 7) is 0.136. The van der Waals surface area contributed by atoms with Gasteiger partial charge in [-0.2, -0.15) is 4.31 Å². The van der Waals surface area contributed by atoms with Gasteiger partial charge < -0.3 is 0 Å². The fraction of sp³-hybridized carbons (Fsp3) is 0.278. The van der Waals surface area contributed by atoms with Gasteiger partial charge in [0.15, 0.2) is 0 Å². The Morgan fingerprint density at radius 1 is 1.08 bits per heavy atom. The van der Waals surface area contributed by atoms with E-state index in [0.29, 0.717) is 11.4 Å². The second-order valence-corrected chi connectivity index (χ2v) is 8.37. The fourth-order valence-corrected chi connectivity index (χ4v) is 4.76.